The number of nitrogens with one attached hydrogen (secondary N) is 1. The maximum Gasteiger partial charge on any atom is 0.304 e. The van der Waals surface area contributed by atoms with Gasteiger partial charge in [0.25, 0.3) is 5.91 Å². The van der Waals surface area contributed by atoms with E-state index in [9.17, 15) is 28.3 Å². The van der Waals surface area contributed by atoms with Crippen molar-refractivity contribution in [2.24, 2.45) is 0 Å². The number of fused-ring (bicyclic) bond motifs is 2. The van der Waals surface area contributed by atoms with E-state index in [1.54, 1.807) is 29.7 Å². The number of hydrogen-bond donors (Lipinski definition) is 3. The van der Waals surface area contributed by atoms with E-state index in [0.717, 1.165) is 4.31 Å². The number of benzene rings is 2. The summed E-state index contributed by atoms with van der Waals surface area (Å²) in [4.78, 5) is 24.2. The summed E-state index contributed by atoms with van der Waals surface area (Å²) in [6.07, 6.45) is 0.0446. The topological polar surface area (TPSA) is 142 Å². The molecule has 188 valence electrons. The number of sulfonamides is 1. The highest BCUT2D eigenvalue weighted by Crippen LogP contribution is 2.44. The molecule has 2 aliphatic heterocycles. The molecule has 0 radical (unpaired) electrons. The summed E-state index contributed by atoms with van der Waals surface area (Å²) in [6, 6.07) is 12.2. The zero-order valence-corrected chi connectivity index (χ0v) is 20.2. The van der Waals surface area contributed by atoms with Crippen molar-refractivity contribution in [1.82, 2.24) is 9.79 Å². The highest BCUT2D eigenvalue weighted by Gasteiger charge is 2.56. The highest BCUT2D eigenvalue weighted by atomic mass is 35.5. The Bertz CT molecular complexity index is 1180. The Balaban J connectivity index is 1.67. The Kier molecular flexibility index (Phi) is 7.34. The number of hydroxylamine groups is 1. The smallest absolute Gasteiger partial charge is 0.304 e. The largest absolute Gasteiger partial charge is 0.481 e. The fourth-order valence-corrected chi connectivity index (χ4v) is 6.61. The second-order valence-electron chi connectivity index (χ2n) is 8.59. The van der Waals surface area contributed by atoms with E-state index in [1.165, 1.54) is 24.3 Å². The van der Waals surface area contributed by atoms with Gasteiger partial charge in [0.1, 0.15) is 17.0 Å². The molecule has 3 N–H and O–H groups in total. The van der Waals surface area contributed by atoms with Crippen molar-refractivity contribution in [2.75, 3.05) is 6.54 Å². The molecule has 2 fully saturated rings. The molecular formula is C23H25ClN2O8S. The van der Waals surface area contributed by atoms with Gasteiger partial charge in [-0.2, -0.15) is 4.31 Å². The van der Waals surface area contributed by atoms with Crippen LogP contribution in [-0.2, 0) is 24.3 Å². The Morgan fingerprint density at radius 1 is 1.06 bits per heavy atom. The first-order valence-electron chi connectivity index (χ1n) is 11.0. The van der Waals surface area contributed by atoms with Crippen molar-refractivity contribution in [3.63, 3.8) is 0 Å². The summed E-state index contributed by atoms with van der Waals surface area (Å²) in [6.45, 7) is -0.451. The van der Waals surface area contributed by atoms with Crippen molar-refractivity contribution < 1.29 is 37.8 Å². The third-order valence-electron chi connectivity index (χ3n) is 6.32. The van der Waals surface area contributed by atoms with Gasteiger partial charge in [-0.15, -0.1) is 0 Å². The van der Waals surface area contributed by atoms with Gasteiger partial charge in [-0.1, -0.05) is 11.6 Å². The average molecular weight is 525 g/mol. The standard InChI is InChI=1S/C23H25ClN2O8S/c24-15-1-3-16(4-2-15)33-17-7-9-20(10-8-17)35(31,32)26(12-11-21(27)28)23(22(29)25-30)13-18-5-6-19(14-23)34-18/h1-4,7-10,18-19,30H,5-6,11-14H2,(H,25,29)(H,27,28)/t18-,19+,23-. The van der Waals surface area contributed by atoms with Gasteiger partial charge in [0.15, 0.2) is 0 Å². The van der Waals surface area contributed by atoms with Crippen LogP contribution in [0, 0.1) is 0 Å². The first-order chi connectivity index (χ1) is 16.6. The molecule has 0 aliphatic carbocycles. The summed E-state index contributed by atoms with van der Waals surface area (Å²) >= 11 is 5.87. The maximum absolute atomic E-state index is 13.8. The number of carbonyl (C=O) groups is 2. The molecule has 35 heavy (non-hydrogen) atoms. The van der Waals surface area contributed by atoms with Gasteiger partial charge in [-0.05, 0) is 61.4 Å². The number of ether oxygens (including phenoxy) is 2. The molecular weight excluding hydrogens is 500 g/mol. The van der Waals surface area contributed by atoms with Gasteiger partial charge in [0, 0.05) is 24.4 Å². The van der Waals surface area contributed by atoms with Gasteiger partial charge >= 0.3 is 5.97 Å². The molecule has 12 heteroatoms. The molecule has 10 nitrogen and oxygen atoms in total. The van der Waals surface area contributed by atoms with Crippen LogP contribution in [0.5, 0.6) is 11.5 Å². The average Bonchev–Trinajstić information content (AvgIpc) is 3.18. The van der Waals surface area contributed by atoms with E-state index < -0.39 is 40.4 Å². The fraction of sp³-hybridized carbons (Fsp3) is 0.391. The van der Waals surface area contributed by atoms with Crippen LogP contribution in [-0.4, -0.2) is 59.2 Å². The minimum Gasteiger partial charge on any atom is -0.481 e. The molecule has 0 saturated carbocycles. The minimum atomic E-state index is -4.35. The van der Waals surface area contributed by atoms with Crippen molar-refractivity contribution in [1.29, 1.82) is 0 Å². The van der Waals surface area contributed by atoms with Crippen molar-refractivity contribution in [2.45, 2.75) is 54.7 Å². The summed E-state index contributed by atoms with van der Waals surface area (Å²) < 4.78 is 40.0. The van der Waals surface area contributed by atoms with Crippen molar-refractivity contribution in [3.05, 3.63) is 53.6 Å². The van der Waals surface area contributed by atoms with E-state index in [-0.39, 0.29) is 29.9 Å². The number of carboxylic acids is 1. The van der Waals surface area contributed by atoms with Crippen LogP contribution >= 0.6 is 11.6 Å². The normalized spacial score (nSPS) is 23.7. The van der Waals surface area contributed by atoms with Crippen LogP contribution < -0.4 is 10.2 Å². The molecule has 2 saturated heterocycles. The van der Waals surface area contributed by atoms with Crippen LogP contribution in [0.1, 0.15) is 32.1 Å². The molecule has 0 spiro atoms. The summed E-state index contributed by atoms with van der Waals surface area (Å²) in [5.41, 5.74) is -0.0899. The quantitative estimate of drug-likeness (QED) is 0.335. The highest BCUT2D eigenvalue weighted by molar-refractivity contribution is 7.89. The van der Waals surface area contributed by atoms with Crippen molar-refractivity contribution >= 4 is 33.5 Å². The number of amides is 1. The Morgan fingerprint density at radius 3 is 2.11 bits per heavy atom. The predicted molar refractivity (Wildman–Crippen MR) is 124 cm³/mol. The van der Waals surface area contributed by atoms with Crippen LogP contribution in [0.15, 0.2) is 53.4 Å². The Hall–Kier alpha value is -2.70. The molecule has 1 amide bonds. The summed E-state index contributed by atoms with van der Waals surface area (Å²) in [7, 11) is -4.35. The molecule has 4 rings (SSSR count). The number of rotatable bonds is 9. The third-order valence-corrected chi connectivity index (χ3v) is 8.55. The van der Waals surface area contributed by atoms with Gasteiger partial charge in [0.05, 0.1) is 23.5 Å². The number of halogens is 1. The fourth-order valence-electron chi connectivity index (χ4n) is 4.73. The molecule has 2 aliphatic rings. The van der Waals surface area contributed by atoms with E-state index >= 15 is 0 Å². The van der Waals surface area contributed by atoms with Gasteiger partial charge in [-0.25, -0.2) is 13.9 Å². The van der Waals surface area contributed by atoms with Crippen LogP contribution in [0.3, 0.4) is 0 Å². The van der Waals surface area contributed by atoms with E-state index in [4.69, 9.17) is 21.1 Å². The number of aliphatic carboxylic acids is 1. The first kappa shape index (κ1) is 25.4. The second-order valence-corrected chi connectivity index (χ2v) is 10.9. The van der Waals surface area contributed by atoms with Crippen LogP contribution in [0.4, 0.5) is 0 Å². The SMILES string of the molecule is O=C(O)CCN([C@]1(C(=O)NO)C[C@H]2CC[C@@H](C1)O2)S(=O)(=O)c1ccc(Oc2ccc(Cl)cc2)cc1. The first-order valence-corrected chi connectivity index (χ1v) is 12.8. The van der Waals surface area contributed by atoms with Gasteiger partial charge in [-0.3, -0.25) is 14.8 Å². The van der Waals surface area contributed by atoms with E-state index in [2.05, 4.69) is 0 Å². The third kappa shape index (κ3) is 5.29. The zero-order chi connectivity index (χ0) is 25.2. The second kappa shape index (κ2) is 10.1. The summed E-state index contributed by atoms with van der Waals surface area (Å²) in [5.74, 6) is -1.25. The monoisotopic (exact) mass is 524 g/mol. The van der Waals surface area contributed by atoms with E-state index in [1.807, 2.05) is 0 Å². The maximum atomic E-state index is 13.8. The lowest BCUT2D eigenvalue weighted by molar-refractivity contribution is -0.151. The molecule has 0 unspecified atom stereocenters. The van der Waals surface area contributed by atoms with Crippen molar-refractivity contribution in [3.8, 4) is 11.5 Å². The number of carboxylic acid groups (broad SMARTS) is 1. The molecule has 2 aromatic rings. The minimum absolute atomic E-state index is 0.00645. The summed E-state index contributed by atoms with van der Waals surface area (Å²) in [5, 5.41) is 19.3. The predicted octanol–water partition coefficient (Wildman–Crippen LogP) is 3.18. The number of hydrogen-bond acceptors (Lipinski definition) is 7. The van der Waals surface area contributed by atoms with E-state index in [0.29, 0.717) is 29.4 Å². The van der Waals surface area contributed by atoms with Gasteiger partial charge < -0.3 is 14.6 Å². The Morgan fingerprint density at radius 2 is 1.60 bits per heavy atom. The molecule has 2 bridgehead atoms. The Labute approximate surface area is 207 Å². The molecule has 2 aromatic carbocycles. The van der Waals surface area contributed by atoms with Crippen LogP contribution in [0.2, 0.25) is 5.02 Å². The zero-order valence-electron chi connectivity index (χ0n) is 18.6. The van der Waals surface area contributed by atoms with Gasteiger partial charge in [0.2, 0.25) is 10.0 Å². The number of carbonyl (C=O) groups excluding carboxylic acids is 1. The lowest BCUT2D eigenvalue weighted by Gasteiger charge is -2.45. The lowest BCUT2D eigenvalue weighted by atomic mass is 9.85. The molecule has 2 heterocycles. The molecule has 0 aromatic heterocycles. The molecule has 3 atom stereocenters. The number of nitrogens with zero attached hydrogens (tertiary/aromatic N) is 1. The lowest BCUT2D eigenvalue weighted by Crippen LogP contribution is -2.64. The van der Waals surface area contributed by atoms with Crippen LogP contribution in [0.25, 0.3) is 0 Å².